The third-order valence-electron chi connectivity index (χ3n) is 3.12. The van der Waals surface area contributed by atoms with Crippen LogP contribution in [0, 0.1) is 0 Å². The van der Waals surface area contributed by atoms with Crippen molar-refractivity contribution in [3.05, 3.63) is 59.3 Å². The highest BCUT2D eigenvalue weighted by molar-refractivity contribution is 6.30. The lowest BCUT2D eigenvalue weighted by molar-refractivity contribution is 0.233. The highest BCUT2D eigenvalue weighted by Crippen LogP contribution is 2.29. The van der Waals surface area contributed by atoms with E-state index >= 15 is 0 Å². The monoisotopic (exact) mass is 316 g/mol. The molecule has 0 unspecified atom stereocenters. The molecule has 0 aliphatic heterocycles. The smallest absolute Gasteiger partial charge is 0.193 e. The number of rotatable bonds is 3. The summed E-state index contributed by atoms with van der Waals surface area (Å²) in [5.74, 6) is 1.19. The predicted molar refractivity (Wildman–Crippen MR) is 85.3 cm³/mol. The maximum absolute atomic E-state index is 9.36. The summed E-state index contributed by atoms with van der Waals surface area (Å²) in [5.41, 5.74) is 3.24. The summed E-state index contributed by atoms with van der Waals surface area (Å²) in [7, 11) is 1.57. The molecule has 0 radical (unpaired) electrons. The minimum Gasteiger partial charge on any atom is -0.493 e. The minimum absolute atomic E-state index is 0.181. The van der Waals surface area contributed by atoms with Gasteiger partial charge in [-0.3, -0.25) is 5.21 Å². The second-order valence-corrected chi connectivity index (χ2v) is 4.98. The molecule has 0 bridgehead atoms. The number of benzene rings is 2. The minimum atomic E-state index is 0.181. The lowest BCUT2D eigenvalue weighted by atomic mass is 10.2. The van der Waals surface area contributed by atoms with Crippen molar-refractivity contribution < 1.29 is 14.4 Å². The molecule has 0 fully saturated rings. The van der Waals surface area contributed by atoms with Gasteiger partial charge in [-0.15, -0.1) is 0 Å². The number of hydrogen-bond acceptors (Lipinski definition) is 4. The Labute approximate surface area is 131 Å². The van der Waals surface area contributed by atoms with Crippen LogP contribution in [0.5, 0.6) is 5.75 Å². The standard InChI is InChI=1S/C16H13ClN2O3/c1-21-13-7-2-4-10-8-14(22-15(10)13)16(19-20)18-12-6-3-5-11(17)9-12/h2-9,20H,1H3,(H,18,19). The van der Waals surface area contributed by atoms with E-state index in [2.05, 4.69) is 10.5 Å². The lowest BCUT2D eigenvalue weighted by Gasteiger charge is -2.02. The molecule has 0 aliphatic rings. The normalized spacial score (nSPS) is 11.7. The molecule has 1 heterocycles. The first-order chi connectivity index (χ1) is 10.7. The van der Waals surface area contributed by atoms with Crippen LogP contribution in [0.2, 0.25) is 5.02 Å². The summed E-state index contributed by atoms with van der Waals surface area (Å²) in [4.78, 5) is 4.30. The van der Waals surface area contributed by atoms with E-state index in [4.69, 9.17) is 20.8 Å². The second kappa shape index (κ2) is 6.09. The largest absolute Gasteiger partial charge is 0.493 e. The number of ether oxygens (including phenoxy) is 1. The Morgan fingerprint density at radius 3 is 2.77 bits per heavy atom. The molecule has 0 saturated carbocycles. The molecule has 5 nitrogen and oxygen atoms in total. The average Bonchev–Trinajstić information content (AvgIpc) is 2.96. The van der Waals surface area contributed by atoms with Crippen LogP contribution in [0.15, 0.2) is 57.9 Å². The van der Waals surface area contributed by atoms with E-state index in [1.807, 2.05) is 12.1 Å². The van der Waals surface area contributed by atoms with Crippen LogP contribution in [-0.4, -0.2) is 18.2 Å². The highest BCUT2D eigenvalue weighted by atomic mass is 35.5. The van der Waals surface area contributed by atoms with Gasteiger partial charge in [0, 0.05) is 10.4 Å². The van der Waals surface area contributed by atoms with E-state index in [1.54, 1.807) is 43.5 Å². The zero-order valence-corrected chi connectivity index (χ0v) is 12.5. The van der Waals surface area contributed by atoms with E-state index in [0.29, 0.717) is 27.8 Å². The fourth-order valence-electron chi connectivity index (χ4n) is 2.12. The Kier molecular flexibility index (Phi) is 4.00. The predicted octanol–water partition coefficient (Wildman–Crippen LogP) is 4.15. The van der Waals surface area contributed by atoms with E-state index in [0.717, 1.165) is 5.39 Å². The first-order valence-corrected chi connectivity index (χ1v) is 6.90. The Balaban J connectivity index is 2.07. The molecule has 2 aromatic carbocycles. The van der Waals surface area contributed by atoms with Crippen LogP contribution < -0.4 is 10.2 Å². The summed E-state index contributed by atoms with van der Waals surface area (Å²) in [6.45, 7) is 0. The van der Waals surface area contributed by atoms with Crippen molar-refractivity contribution in [1.82, 2.24) is 5.48 Å². The molecule has 0 aliphatic carbocycles. The average molecular weight is 317 g/mol. The lowest BCUT2D eigenvalue weighted by Crippen LogP contribution is -2.19. The Bertz CT molecular complexity index is 842. The van der Waals surface area contributed by atoms with Crippen molar-refractivity contribution in [1.29, 1.82) is 0 Å². The van der Waals surface area contributed by atoms with Crippen LogP contribution >= 0.6 is 11.6 Å². The fourth-order valence-corrected chi connectivity index (χ4v) is 2.31. The van der Waals surface area contributed by atoms with Crippen molar-refractivity contribution in [2.24, 2.45) is 4.99 Å². The van der Waals surface area contributed by atoms with Crippen molar-refractivity contribution in [3.8, 4) is 5.75 Å². The second-order valence-electron chi connectivity index (χ2n) is 4.54. The van der Waals surface area contributed by atoms with Crippen molar-refractivity contribution in [3.63, 3.8) is 0 Å². The number of para-hydroxylation sites is 1. The van der Waals surface area contributed by atoms with Gasteiger partial charge in [-0.05, 0) is 30.3 Å². The first kappa shape index (κ1) is 14.4. The number of nitrogens with zero attached hydrogens (tertiary/aromatic N) is 1. The number of fused-ring (bicyclic) bond motifs is 1. The van der Waals surface area contributed by atoms with Crippen molar-refractivity contribution in [2.45, 2.75) is 0 Å². The third kappa shape index (κ3) is 2.77. The molecule has 6 heteroatoms. The zero-order chi connectivity index (χ0) is 15.5. The molecule has 112 valence electrons. The molecule has 0 atom stereocenters. The highest BCUT2D eigenvalue weighted by Gasteiger charge is 2.13. The number of halogens is 1. The van der Waals surface area contributed by atoms with Gasteiger partial charge in [0.25, 0.3) is 0 Å². The van der Waals surface area contributed by atoms with E-state index in [1.165, 1.54) is 0 Å². The molecule has 22 heavy (non-hydrogen) atoms. The van der Waals surface area contributed by atoms with Crippen LogP contribution in [0.3, 0.4) is 0 Å². The number of nitrogens with one attached hydrogen (secondary N) is 1. The maximum Gasteiger partial charge on any atom is 0.193 e. The van der Waals surface area contributed by atoms with Gasteiger partial charge >= 0.3 is 0 Å². The van der Waals surface area contributed by atoms with Gasteiger partial charge < -0.3 is 9.15 Å². The van der Waals surface area contributed by atoms with Gasteiger partial charge in [-0.25, -0.2) is 10.5 Å². The van der Waals surface area contributed by atoms with Gasteiger partial charge in [0.15, 0.2) is 22.9 Å². The van der Waals surface area contributed by atoms with Gasteiger partial charge in [-0.2, -0.15) is 0 Å². The van der Waals surface area contributed by atoms with E-state index in [9.17, 15) is 5.21 Å². The van der Waals surface area contributed by atoms with E-state index in [-0.39, 0.29) is 5.84 Å². The maximum atomic E-state index is 9.36. The van der Waals surface area contributed by atoms with Crippen molar-refractivity contribution in [2.75, 3.05) is 7.11 Å². The summed E-state index contributed by atoms with van der Waals surface area (Å²) in [5, 5.41) is 10.8. The SMILES string of the molecule is COc1cccc2cc(C(=Nc3cccc(Cl)c3)NO)oc12. The van der Waals surface area contributed by atoms with Crippen LogP contribution in [0.4, 0.5) is 5.69 Å². The molecule has 0 saturated heterocycles. The molecular weight excluding hydrogens is 304 g/mol. The molecule has 3 aromatic rings. The molecule has 0 spiro atoms. The third-order valence-corrected chi connectivity index (χ3v) is 3.35. The first-order valence-electron chi connectivity index (χ1n) is 6.52. The fraction of sp³-hybridized carbons (Fsp3) is 0.0625. The van der Waals surface area contributed by atoms with Gasteiger partial charge in [0.2, 0.25) is 0 Å². The number of methoxy groups -OCH3 is 1. The quantitative estimate of drug-likeness (QED) is 0.433. The van der Waals surface area contributed by atoms with E-state index < -0.39 is 0 Å². The summed E-state index contributed by atoms with van der Waals surface area (Å²) < 4.78 is 11.0. The number of aliphatic imine (C=N–C) groups is 1. The molecule has 0 amide bonds. The summed E-state index contributed by atoms with van der Waals surface area (Å²) >= 11 is 5.93. The van der Waals surface area contributed by atoms with Crippen LogP contribution in [0.25, 0.3) is 11.0 Å². The molecule has 3 rings (SSSR count). The van der Waals surface area contributed by atoms with Crippen LogP contribution in [0.1, 0.15) is 5.76 Å². The summed E-state index contributed by atoms with van der Waals surface area (Å²) in [6.07, 6.45) is 0. The number of furan rings is 1. The topological polar surface area (TPSA) is 67.0 Å². The van der Waals surface area contributed by atoms with Gasteiger partial charge in [0.1, 0.15) is 0 Å². The Morgan fingerprint density at radius 1 is 1.23 bits per heavy atom. The molecule has 1 aromatic heterocycles. The van der Waals surface area contributed by atoms with Gasteiger partial charge in [0.05, 0.1) is 12.8 Å². The molecule has 2 N–H and O–H groups in total. The number of hydroxylamine groups is 1. The zero-order valence-electron chi connectivity index (χ0n) is 11.7. The number of amidine groups is 1. The van der Waals surface area contributed by atoms with Crippen molar-refractivity contribution >= 4 is 34.1 Å². The van der Waals surface area contributed by atoms with Gasteiger partial charge in [-0.1, -0.05) is 29.8 Å². The number of hydrogen-bond donors (Lipinski definition) is 2. The summed E-state index contributed by atoms with van der Waals surface area (Å²) in [6, 6.07) is 14.3. The molecular formula is C16H13ClN2O3. The Hall–Kier alpha value is -2.50. The van der Waals surface area contributed by atoms with Crippen LogP contribution in [-0.2, 0) is 0 Å². The Morgan fingerprint density at radius 2 is 2.05 bits per heavy atom.